The largest absolute Gasteiger partial charge is 0.335 e. The van der Waals surface area contributed by atoms with E-state index >= 15 is 0 Å². The first-order valence-electron chi connectivity index (χ1n) is 8.97. The fourth-order valence-corrected chi connectivity index (χ4v) is 2.89. The van der Waals surface area contributed by atoms with Gasteiger partial charge in [-0.3, -0.25) is 9.59 Å². The van der Waals surface area contributed by atoms with Gasteiger partial charge in [0.05, 0.1) is 11.6 Å². The maximum atomic E-state index is 12.4. The Balaban J connectivity index is 1.59. The molecule has 0 saturated carbocycles. The first-order chi connectivity index (χ1) is 13.8. The van der Waals surface area contributed by atoms with Crippen LogP contribution in [0.2, 0.25) is 5.02 Å². The van der Waals surface area contributed by atoms with Gasteiger partial charge in [0, 0.05) is 18.3 Å². The average molecular weight is 413 g/mol. The van der Waals surface area contributed by atoms with Crippen LogP contribution in [-0.4, -0.2) is 50.5 Å². The standard InChI is InChI=1S/C20H21ClN6O2/c1-13-8-9-14(2)17(10-13)22-18(28)11-26(3)19(29)12-27-24-20(23-25-27)15-6-4-5-7-16(15)21/h4-10H,11-12H2,1-3H3,(H,22,28). The zero-order chi connectivity index (χ0) is 21.0. The van der Waals surface area contributed by atoms with Crippen LogP contribution in [0.5, 0.6) is 0 Å². The molecule has 0 aliphatic rings. The summed E-state index contributed by atoms with van der Waals surface area (Å²) in [6, 6.07) is 12.9. The van der Waals surface area contributed by atoms with Crippen molar-refractivity contribution in [2.75, 3.05) is 18.9 Å². The Morgan fingerprint density at radius 3 is 2.69 bits per heavy atom. The lowest BCUT2D eigenvalue weighted by Crippen LogP contribution is -2.37. The summed E-state index contributed by atoms with van der Waals surface area (Å²) in [6.07, 6.45) is 0. The minimum Gasteiger partial charge on any atom is -0.335 e. The highest BCUT2D eigenvalue weighted by Gasteiger charge is 2.17. The highest BCUT2D eigenvalue weighted by molar-refractivity contribution is 6.33. The van der Waals surface area contributed by atoms with E-state index in [1.807, 2.05) is 38.1 Å². The van der Waals surface area contributed by atoms with Crippen LogP contribution in [0.15, 0.2) is 42.5 Å². The maximum Gasteiger partial charge on any atom is 0.246 e. The Labute approximate surface area is 173 Å². The molecule has 8 nitrogen and oxygen atoms in total. The van der Waals surface area contributed by atoms with Gasteiger partial charge in [0.15, 0.2) is 0 Å². The topological polar surface area (TPSA) is 93.0 Å². The van der Waals surface area contributed by atoms with E-state index in [1.165, 1.54) is 9.70 Å². The second-order valence-corrected chi connectivity index (χ2v) is 7.15. The maximum absolute atomic E-state index is 12.4. The summed E-state index contributed by atoms with van der Waals surface area (Å²) in [5, 5.41) is 15.4. The van der Waals surface area contributed by atoms with Crippen molar-refractivity contribution in [2.45, 2.75) is 20.4 Å². The molecule has 0 bridgehead atoms. The Kier molecular flexibility index (Phi) is 6.23. The molecule has 150 valence electrons. The summed E-state index contributed by atoms with van der Waals surface area (Å²) in [5.74, 6) is -0.263. The molecule has 0 spiro atoms. The lowest BCUT2D eigenvalue weighted by atomic mass is 10.1. The summed E-state index contributed by atoms with van der Waals surface area (Å²) in [6.45, 7) is 3.65. The molecule has 0 atom stereocenters. The van der Waals surface area contributed by atoms with Gasteiger partial charge < -0.3 is 10.2 Å². The number of aryl methyl sites for hydroxylation is 2. The van der Waals surface area contributed by atoms with Crippen molar-refractivity contribution >= 4 is 29.1 Å². The lowest BCUT2D eigenvalue weighted by Gasteiger charge is -2.17. The average Bonchev–Trinajstić information content (AvgIpc) is 3.13. The summed E-state index contributed by atoms with van der Waals surface area (Å²) in [7, 11) is 1.55. The molecular formula is C20H21ClN6O2. The molecule has 3 rings (SSSR count). The van der Waals surface area contributed by atoms with E-state index in [9.17, 15) is 9.59 Å². The molecule has 1 heterocycles. The Morgan fingerprint density at radius 2 is 1.93 bits per heavy atom. The molecule has 0 radical (unpaired) electrons. The highest BCUT2D eigenvalue weighted by atomic mass is 35.5. The van der Waals surface area contributed by atoms with Gasteiger partial charge in [-0.05, 0) is 48.4 Å². The predicted molar refractivity (Wildman–Crippen MR) is 110 cm³/mol. The number of benzene rings is 2. The fraction of sp³-hybridized carbons (Fsp3) is 0.250. The van der Waals surface area contributed by atoms with Gasteiger partial charge in [-0.2, -0.15) is 4.80 Å². The molecule has 1 aromatic heterocycles. The van der Waals surface area contributed by atoms with E-state index in [4.69, 9.17) is 11.6 Å². The number of nitrogens with zero attached hydrogens (tertiary/aromatic N) is 5. The number of tetrazole rings is 1. The van der Waals surface area contributed by atoms with Crippen LogP contribution >= 0.6 is 11.6 Å². The van der Waals surface area contributed by atoms with E-state index in [0.29, 0.717) is 16.4 Å². The number of carbonyl (C=O) groups excluding carboxylic acids is 2. The number of likely N-dealkylation sites (N-methyl/N-ethyl adjacent to an activating group) is 1. The molecule has 0 saturated heterocycles. The van der Waals surface area contributed by atoms with E-state index < -0.39 is 0 Å². The van der Waals surface area contributed by atoms with Crippen molar-refractivity contribution in [3.63, 3.8) is 0 Å². The molecular weight excluding hydrogens is 392 g/mol. The zero-order valence-electron chi connectivity index (χ0n) is 16.4. The minimum atomic E-state index is -0.316. The van der Waals surface area contributed by atoms with Crippen molar-refractivity contribution in [2.24, 2.45) is 0 Å². The first kappa shape index (κ1) is 20.5. The van der Waals surface area contributed by atoms with Crippen molar-refractivity contribution in [3.05, 3.63) is 58.6 Å². The van der Waals surface area contributed by atoms with E-state index in [0.717, 1.165) is 16.8 Å². The number of carbonyl (C=O) groups is 2. The predicted octanol–water partition coefficient (Wildman–Crippen LogP) is 2.71. The Morgan fingerprint density at radius 1 is 1.17 bits per heavy atom. The van der Waals surface area contributed by atoms with Crippen LogP contribution < -0.4 is 5.32 Å². The third-order valence-corrected chi connectivity index (χ3v) is 4.65. The van der Waals surface area contributed by atoms with Crippen molar-refractivity contribution in [3.8, 4) is 11.4 Å². The first-order valence-corrected chi connectivity index (χ1v) is 9.35. The molecule has 0 fully saturated rings. The van der Waals surface area contributed by atoms with Crippen LogP contribution in [0.3, 0.4) is 0 Å². The molecule has 3 aromatic rings. The van der Waals surface area contributed by atoms with Gasteiger partial charge in [-0.25, -0.2) is 0 Å². The van der Waals surface area contributed by atoms with Gasteiger partial charge in [-0.1, -0.05) is 35.9 Å². The fourth-order valence-electron chi connectivity index (χ4n) is 2.67. The van der Waals surface area contributed by atoms with Crippen LogP contribution in [0, 0.1) is 13.8 Å². The normalized spacial score (nSPS) is 10.6. The smallest absolute Gasteiger partial charge is 0.246 e. The Hall–Kier alpha value is -3.26. The van der Waals surface area contributed by atoms with Gasteiger partial charge in [-0.15, -0.1) is 10.2 Å². The van der Waals surface area contributed by atoms with Gasteiger partial charge in [0.1, 0.15) is 6.54 Å². The second kappa shape index (κ2) is 8.83. The number of halogens is 1. The summed E-state index contributed by atoms with van der Waals surface area (Å²) in [5.41, 5.74) is 3.37. The monoisotopic (exact) mass is 412 g/mol. The molecule has 2 aromatic carbocycles. The van der Waals surface area contributed by atoms with Gasteiger partial charge >= 0.3 is 0 Å². The Bertz CT molecular complexity index is 1050. The van der Waals surface area contributed by atoms with Crippen LogP contribution in [0.1, 0.15) is 11.1 Å². The number of nitrogens with one attached hydrogen (secondary N) is 1. The SMILES string of the molecule is Cc1ccc(C)c(NC(=O)CN(C)C(=O)Cn2nnc(-c3ccccc3Cl)n2)c1. The van der Waals surface area contributed by atoms with Crippen LogP contribution in [-0.2, 0) is 16.1 Å². The van der Waals surface area contributed by atoms with Gasteiger partial charge in [0.2, 0.25) is 17.6 Å². The molecule has 2 amide bonds. The number of hydrogen-bond donors (Lipinski definition) is 1. The minimum absolute atomic E-state index is 0.0850. The molecule has 0 aliphatic carbocycles. The highest BCUT2D eigenvalue weighted by Crippen LogP contribution is 2.23. The third kappa shape index (κ3) is 5.17. The lowest BCUT2D eigenvalue weighted by molar-refractivity contribution is -0.134. The number of amides is 2. The van der Waals surface area contributed by atoms with E-state index in [2.05, 4.69) is 20.7 Å². The number of hydrogen-bond acceptors (Lipinski definition) is 5. The van der Waals surface area contributed by atoms with E-state index in [-0.39, 0.29) is 24.9 Å². The molecule has 9 heteroatoms. The third-order valence-electron chi connectivity index (χ3n) is 4.32. The number of anilines is 1. The van der Waals surface area contributed by atoms with Crippen molar-refractivity contribution in [1.29, 1.82) is 0 Å². The number of rotatable bonds is 6. The van der Waals surface area contributed by atoms with Crippen LogP contribution in [0.25, 0.3) is 11.4 Å². The summed E-state index contributed by atoms with van der Waals surface area (Å²) >= 11 is 6.13. The summed E-state index contributed by atoms with van der Waals surface area (Å²) in [4.78, 5) is 27.2. The van der Waals surface area contributed by atoms with Gasteiger partial charge in [0.25, 0.3) is 0 Å². The van der Waals surface area contributed by atoms with Crippen molar-refractivity contribution in [1.82, 2.24) is 25.1 Å². The zero-order valence-corrected chi connectivity index (χ0v) is 17.1. The second-order valence-electron chi connectivity index (χ2n) is 6.74. The molecule has 29 heavy (non-hydrogen) atoms. The molecule has 0 unspecified atom stereocenters. The molecule has 0 aliphatic heterocycles. The summed E-state index contributed by atoms with van der Waals surface area (Å²) < 4.78 is 0. The molecule has 1 N–H and O–H groups in total. The number of aromatic nitrogens is 4. The van der Waals surface area contributed by atoms with Crippen LogP contribution in [0.4, 0.5) is 5.69 Å². The van der Waals surface area contributed by atoms with Crippen molar-refractivity contribution < 1.29 is 9.59 Å². The van der Waals surface area contributed by atoms with E-state index in [1.54, 1.807) is 25.2 Å². The quantitative estimate of drug-likeness (QED) is 0.671.